The van der Waals surface area contributed by atoms with Crippen molar-refractivity contribution < 1.29 is 9.59 Å². The van der Waals surface area contributed by atoms with Crippen molar-refractivity contribution in [2.75, 3.05) is 30.3 Å². The van der Waals surface area contributed by atoms with Crippen LogP contribution in [0.1, 0.15) is 109 Å². The molecule has 2 N–H and O–H groups in total. The topological polar surface area (TPSA) is 61.4 Å². The highest BCUT2D eigenvalue weighted by Crippen LogP contribution is 2.27. The normalized spacial score (nSPS) is 11.1. The Morgan fingerprint density at radius 1 is 0.727 bits per heavy atom. The lowest BCUT2D eigenvalue weighted by atomic mass is 10.0. The second kappa shape index (κ2) is 17.6. The number of nitrogens with zero attached hydrogens (tertiary/aromatic N) is 1. The summed E-state index contributed by atoms with van der Waals surface area (Å²) in [5.74, 6) is 0.0348. The fourth-order valence-corrected chi connectivity index (χ4v) is 4.17. The van der Waals surface area contributed by atoms with E-state index < -0.39 is 0 Å². The number of hydrogen-bond donors (Lipinski definition) is 2. The molecule has 0 aromatic heterocycles. The highest BCUT2D eigenvalue weighted by molar-refractivity contribution is 5.97. The van der Waals surface area contributed by atoms with E-state index in [9.17, 15) is 9.59 Å². The minimum atomic E-state index is -0.0191. The summed E-state index contributed by atoms with van der Waals surface area (Å²) in [6, 6.07) is 3.89. The van der Waals surface area contributed by atoms with Gasteiger partial charge in [-0.1, -0.05) is 91.0 Å². The summed E-state index contributed by atoms with van der Waals surface area (Å²) in [6.45, 7) is 12.4. The van der Waals surface area contributed by atoms with Crippen molar-refractivity contribution >= 4 is 23.2 Å². The number of aryl methyl sites for hydroxylation is 1. The summed E-state index contributed by atoms with van der Waals surface area (Å²) in [6.07, 6.45) is 14.6. The summed E-state index contributed by atoms with van der Waals surface area (Å²) in [4.78, 5) is 27.0. The Morgan fingerprint density at radius 3 is 1.82 bits per heavy atom. The Balaban J connectivity index is 2.36. The molecule has 0 aliphatic carbocycles. The van der Waals surface area contributed by atoms with Gasteiger partial charge in [0.1, 0.15) is 0 Å². The fourth-order valence-electron chi connectivity index (χ4n) is 4.17. The third-order valence-electron chi connectivity index (χ3n) is 6.48. The standard InChI is InChI=1S/C28H49N3O2/c1-6-9-10-11-12-13-14-15-16-17-18-19-26(32)29-25-21-20-23(4)28(24(25)5)30-27(33)22-31(7-2)8-3/h20-21H,6-19,22H2,1-5H3,(H,29,32)(H,30,33). The van der Waals surface area contributed by atoms with E-state index in [1.807, 2.05) is 26.0 Å². The van der Waals surface area contributed by atoms with Gasteiger partial charge in [0.15, 0.2) is 0 Å². The zero-order valence-electron chi connectivity index (χ0n) is 22.0. The van der Waals surface area contributed by atoms with Gasteiger partial charge in [0.2, 0.25) is 11.8 Å². The maximum atomic E-state index is 12.5. The molecule has 0 radical (unpaired) electrons. The minimum Gasteiger partial charge on any atom is -0.326 e. The second-order valence-corrected chi connectivity index (χ2v) is 9.27. The lowest BCUT2D eigenvalue weighted by molar-refractivity contribution is -0.117. The number of unbranched alkanes of at least 4 members (excludes halogenated alkanes) is 10. The van der Waals surface area contributed by atoms with Crippen molar-refractivity contribution in [3.63, 3.8) is 0 Å². The van der Waals surface area contributed by atoms with E-state index in [-0.39, 0.29) is 11.8 Å². The predicted octanol–water partition coefficient (Wildman–Crippen LogP) is 7.22. The van der Waals surface area contributed by atoms with Crippen LogP contribution in [0.4, 0.5) is 11.4 Å². The number of nitrogens with one attached hydrogen (secondary N) is 2. The second-order valence-electron chi connectivity index (χ2n) is 9.27. The van der Waals surface area contributed by atoms with Crippen LogP contribution in [0.25, 0.3) is 0 Å². The number of likely N-dealkylation sites (N-methyl/N-ethyl adjacent to an activating group) is 1. The van der Waals surface area contributed by atoms with Gasteiger partial charge < -0.3 is 10.6 Å². The van der Waals surface area contributed by atoms with Crippen LogP contribution in [-0.4, -0.2) is 36.3 Å². The van der Waals surface area contributed by atoms with E-state index in [4.69, 9.17) is 0 Å². The van der Waals surface area contributed by atoms with Gasteiger partial charge in [-0.3, -0.25) is 14.5 Å². The van der Waals surface area contributed by atoms with Gasteiger partial charge in [-0.2, -0.15) is 0 Å². The summed E-state index contributed by atoms with van der Waals surface area (Å²) >= 11 is 0. The molecule has 2 amide bonds. The molecule has 0 aliphatic rings. The molecular formula is C28H49N3O2. The van der Waals surface area contributed by atoms with Gasteiger partial charge in [-0.25, -0.2) is 0 Å². The van der Waals surface area contributed by atoms with E-state index in [0.717, 1.165) is 48.4 Å². The van der Waals surface area contributed by atoms with Crippen LogP contribution in [0.3, 0.4) is 0 Å². The van der Waals surface area contributed by atoms with Crippen molar-refractivity contribution in [1.82, 2.24) is 4.90 Å². The zero-order chi connectivity index (χ0) is 24.5. The average molecular weight is 460 g/mol. The van der Waals surface area contributed by atoms with Crippen molar-refractivity contribution in [3.8, 4) is 0 Å². The predicted molar refractivity (Wildman–Crippen MR) is 142 cm³/mol. The van der Waals surface area contributed by atoms with Crippen molar-refractivity contribution in [2.24, 2.45) is 0 Å². The number of amides is 2. The average Bonchev–Trinajstić information content (AvgIpc) is 2.80. The number of hydrogen-bond acceptors (Lipinski definition) is 3. The first-order valence-corrected chi connectivity index (χ1v) is 13.3. The molecule has 33 heavy (non-hydrogen) atoms. The van der Waals surface area contributed by atoms with Crippen molar-refractivity contribution in [3.05, 3.63) is 23.3 Å². The van der Waals surface area contributed by atoms with Crippen LogP contribution in [0.15, 0.2) is 12.1 Å². The molecule has 0 aliphatic heterocycles. The molecule has 0 unspecified atom stereocenters. The Labute approximate surface area is 203 Å². The van der Waals surface area contributed by atoms with Gasteiger partial charge in [-0.15, -0.1) is 0 Å². The highest BCUT2D eigenvalue weighted by atomic mass is 16.2. The third kappa shape index (κ3) is 12.2. The summed E-state index contributed by atoms with van der Waals surface area (Å²) in [5, 5.41) is 6.10. The number of carbonyl (C=O) groups is 2. The molecule has 0 atom stereocenters. The largest absolute Gasteiger partial charge is 0.326 e. The smallest absolute Gasteiger partial charge is 0.238 e. The molecule has 1 aromatic rings. The van der Waals surface area contributed by atoms with Crippen LogP contribution in [0, 0.1) is 13.8 Å². The third-order valence-corrected chi connectivity index (χ3v) is 6.48. The Bertz CT molecular complexity index is 699. The lowest BCUT2D eigenvalue weighted by Gasteiger charge is -2.20. The Kier molecular flexibility index (Phi) is 15.5. The molecule has 0 heterocycles. The molecule has 0 bridgehead atoms. The first-order valence-electron chi connectivity index (χ1n) is 13.3. The van der Waals surface area contributed by atoms with E-state index in [0.29, 0.717) is 13.0 Å². The molecule has 0 saturated carbocycles. The van der Waals surface area contributed by atoms with Gasteiger partial charge in [0, 0.05) is 17.8 Å². The quantitative estimate of drug-likeness (QED) is 0.228. The Hall–Kier alpha value is -1.88. The number of carbonyl (C=O) groups excluding carboxylic acids is 2. The van der Waals surface area contributed by atoms with E-state index in [1.165, 1.54) is 57.8 Å². The molecule has 188 valence electrons. The molecule has 0 saturated heterocycles. The summed E-state index contributed by atoms with van der Waals surface area (Å²) in [7, 11) is 0. The molecule has 5 nitrogen and oxygen atoms in total. The first kappa shape index (κ1) is 29.2. The number of rotatable bonds is 18. The van der Waals surface area contributed by atoms with Crippen LogP contribution in [0.2, 0.25) is 0 Å². The Morgan fingerprint density at radius 2 is 1.27 bits per heavy atom. The van der Waals surface area contributed by atoms with Crippen LogP contribution in [0.5, 0.6) is 0 Å². The maximum absolute atomic E-state index is 12.5. The summed E-state index contributed by atoms with van der Waals surface area (Å²) < 4.78 is 0. The molecule has 0 fully saturated rings. The van der Waals surface area contributed by atoms with Crippen LogP contribution >= 0.6 is 0 Å². The maximum Gasteiger partial charge on any atom is 0.238 e. The molecule has 5 heteroatoms. The molecule has 0 spiro atoms. The van der Waals surface area contributed by atoms with Crippen molar-refractivity contribution in [2.45, 2.75) is 112 Å². The SMILES string of the molecule is CCCCCCCCCCCCCC(=O)Nc1ccc(C)c(NC(=O)CN(CC)CC)c1C. The number of benzene rings is 1. The van der Waals surface area contributed by atoms with E-state index in [1.54, 1.807) is 0 Å². The molecule has 1 aromatic carbocycles. The van der Waals surface area contributed by atoms with Crippen LogP contribution in [-0.2, 0) is 9.59 Å². The zero-order valence-corrected chi connectivity index (χ0v) is 22.0. The van der Waals surface area contributed by atoms with Crippen molar-refractivity contribution in [1.29, 1.82) is 0 Å². The number of anilines is 2. The summed E-state index contributed by atoms with van der Waals surface area (Å²) in [5.41, 5.74) is 3.51. The highest BCUT2D eigenvalue weighted by Gasteiger charge is 2.14. The van der Waals surface area contributed by atoms with Gasteiger partial charge in [0.25, 0.3) is 0 Å². The van der Waals surface area contributed by atoms with E-state index in [2.05, 4.69) is 36.3 Å². The van der Waals surface area contributed by atoms with E-state index >= 15 is 0 Å². The van der Waals surface area contributed by atoms with Crippen LogP contribution < -0.4 is 10.6 Å². The molecular weight excluding hydrogens is 410 g/mol. The fraction of sp³-hybridized carbons (Fsp3) is 0.714. The minimum absolute atomic E-state index is 0.0191. The van der Waals surface area contributed by atoms with Gasteiger partial charge >= 0.3 is 0 Å². The monoisotopic (exact) mass is 459 g/mol. The first-order chi connectivity index (χ1) is 15.9. The molecule has 1 rings (SSSR count). The van der Waals surface area contributed by atoms with Gasteiger partial charge in [0.05, 0.1) is 6.54 Å². The lowest BCUT2D eigenvalue weighted by Crippen LogP contribution is -2.33. The van der Waals surface area contributed by atoms with Gasteiger partial charge in [-0.05, 0) is 50.6 Å².